The van der Waals surface area contributed by atoms with Crippen LogP contribution >= 0.6 is 23.5 Å². The van der Waals surface area contributed by atoms with Gasteiger partial charge >= 0.3 is 29.2 Å². The Morgan fingerprint density at radius 1 is 1.10 bits per heavy atom. The van der Waals surface area contributed by atoms with Crippen LogP contribution in [0.5, 0.6) is 0 Å². The van der Waals surface area contributed by atoms with Gasteiger partial charge in [-0.2, -0.15) is 12.9 Å². The molecular weight excluding hydrogens is 465 g/mol. The van der Waals surface area contributed by atoms with Crippen molar-refractivity contribution in [2.75, 3.05) is 6.61 Å². The first-order valence-corrected chi connectivity index (χ1v) is 12.0. The predicted molar refractivity (Wildman–Crippen MR) is 88.4 cm³/mol. The van der Waals surface area contributed by atoms with Gasteiger partial charge in [-0.05, 0) is 0 Å². The quantitative estimate of drug-likeness (QED) is 0.313. The van der Waals surface area contributed by atoms with Gasteiger partial charge in [0, 0.05) is 13.2 Å². The van der Waals surface area contributed by atoms with Crippen LogP contribution in [-0.2, 0) is 42.9 Å². The minimum atomic E-state index is -5.25. The Kier molecular flexibility index (Phi) is 5.95. The van der Waals surface area contributed by atoms with E-state index < -0.39 is 65.7 Å². The van der Waals surface area contributed by atoms with E-state index in [2.05, 4.69) is 22.4 Å². The number of nitrogens with one attached hydrogen (secondary N) is 1. The van der Waals surface area contributed by atoms with Gasteiger partial charge in [0.1, 0.15) is 24.4 Å². The van der Waals surface area contributed by atoms with Crippen LogP contribution in [0.2, 0.25) is 0 Å². The summed E-state index contributed by atoms with van der Waals surface area (Å²) in [6, 6.07) is 0. The van der Waals surface area contributed by atoms with Crippen LogP contribution in [-0.4, -0.2) is 54.5 Å². The Labute approximate surface area is 160 Å². The number of aliphatic hydroxyl groups excluding tert-OH is 2. The van der Waals surface area contributed by atoms with Gasteiger partial charge in [-0.25, -0.2) is 18.5 Å². The van der Waals surface area contributed by atoms with Crippen molar-refractivity contribution in [3.63, 3.8) is 0 Å². The average molecular weight is 480 g/mol. The molecule has 29 heavy (non-hydrogen) atoms. The first-order valence-electron chi connectivity index (χ1n) is 7.58. The lowest BCUT2D eigenvalue weighted by Crippen LogP contribution is -2.37. The highest BCUT2D eigenvalue weighted by molar-refractivity contribution is 7.74. The van der Waals surface area contributed by atoms with E-state index in [4.69, 9.17) is 14.5 Å². The van der Waals surface area contributed by atoms with Gasteiger partial charge in [0.15, 0.2) is 0 Å². The first-order chi connectivity index (χ1) is 13.2. The number of aliphatic hydroxyl groups is 2. The predicted octanol–water partition coefficient (Wildman–Crippen LogP) is -1.38. The van der Waals surface area contributed by atoms with Crippen molar-refractivity contribution >= 4 is 23.5 Å². The summed E-state index contributed by atoms with van der Waals surface area (Å²) in [6.45, 7) is -0.921. The number of rotatable bonds is 4. The highest BCUT2D eigenvalue weighted by Crippen LogP contribution is 2.80. The Bertz CT molecular complexity index is 1040. The molecule has 5 N–H and O–H groups in total. The molecule has 2 aliphatic rings. The highest BCUT2D eigenvalue weighted by atomic mass is 31.3. The van der Waals surface area contributed by atoms with Crippen LogP contribution in [0.15, 0.2) is 15.8 Å². The molecule has 3 heterocycles. The summed E-state index contributed by atoms with van der Waals surface area (Å²) < 4.78 is 57.4. The van der Waals surface area contributed by atoms with E-state index in [1.165, 1.54) is 0 Å². The number of ether oxygens (including phenoxy) is 1. The van der Waals surface area contributed by atoms with Gasteiger partial charge in [-0.3, -0.25) is 13.9 Å². The van der Waals surface area contributed by atoms with Gasteiger partial charge in [0.25, 0.3) is 5.56 Å². The van der Waals surface area contributed by atoms with Crippen molar-refractivity contribution in [2.24, 2.45) is 7.05 Å². The third-order valence-corrected chi connectivity index (χ3v) is 9.25. The second-order valence-corrected chi connectivity index (χ2v) is 10.9. The maximum absolute atomic E-state index is 12.2. The molecule has 6 atom stereocenters. The summed E-state index contributed by atoms with van der Waals surface area (Å²) in [5, 5.41) is 20.2. The summed E-state index contributed by atoms with van der Waals surface area (Å²) in [4.78, 5) is 44.1. The van der Waals surface area contributed by atoms with Crippen LogP contribution in [0.25, 0.3) is 0 Å². The fourth-order valence-electron chi connectivity index (χ4n) is 2.57. The minimum Gasteiger partial charge on any atom is -0.387 e. The molecule has 3 unspecified atom stereocenters. The lowest BCUT2D eigenvalue weighted by atomic mass is 10.0. The van der Waals surface area contributed by atoms with Gasteiger partial charge < -0.3 is 29.7 Å². The van der Waals surface area contributed by atoms with Crippen LogP contribution in [0.3, 0.4) is 0 Å². The highest BCUT2D eigenvalue weighted by Gasteiger charge is 2.55. The van der Waals surface area contributed by atoms with Crippen molar-refractivity contribution in [3.8, 4) is 0 Å². The lowest BCUT2D eigenvalue weighted by molar-refractivity contribution is -0.0236. The zero-order valence-corrected chi connectivity index (χ0v) is 16.9. The molecule has 2 saturated heterocycles. The number of nitrogens with zero attached hydrogens (tertiary/aromatic N) is 1. The summed E-state index contributed by atoms with van der Waals surface area (Å²) >= 11 is 0. The van der Waals surface area contributed by atoms with Crippen LogP contribution in [0.1, 0.15) is 11.7 Å². The van der Waals surface area contributed by atoms with Gasteiger partial charge in [-0.1, -0.05) is 0 Å². The van der Waals surface area contributed by atoms with Crippen molar-refractivity contribution in [3.05, 3.63) is 32.6 Å². The van der Waals surface area contributed by atoms with E-state index in [-0.39, 0.29) is 5.56 Å². The van der Waals surface area contributed by atoms with E-state index in [0.29, 0.717) is 4.57 Å². The zero-order valence-electron chi connectivity index (χ0n) is 14.3. The second-order valence-electron chi connectivity index (χ2n) is 5.91. The van der Waals surface area contributed by atoms with Crippen molar-refractivity contribution in [1.82, 2.24) is 9.55 Å². The first kappa shape index (κ1) is 22.7. The Hall–Kier alpha value is -0.990. The molecule has 2 aliphatic heterocycles. The number of H-pyrrole nitrogens is 1. The van der Waals surface area contributed by atoms with Crippen LogP contribution < -0.4 is 11.2 Å². The SMILES string of the molecule is Cn1c(=O)[nH]cc([C@@H]2O[C@H](COP3(=O)OP(=O)(O)OP(=O)(O)O3)C(O)[C@@H]2O)c1=O. The van der Waals surface area contributed by atoms with Crippen molar-refractivity contribution < 1.29 is 55.9 Å². The van der Waals surface area contributed by atoms with Gasteiger partial charge in [0.05, 0.1) is 12.2 Å². The zero-order chi connectivity index (χ0) is 21.8. The summed E-state index contributed by atoms with van der Waals surface area (Å²) in [5.74, 6) is 0. The largest absolute Gasteiger partial charge is 0.492 e. The molecule has 3 rings (SSSR count). The Morgan fingerprint density at radius 2 is 1.69 bits per heavy atom. The molecule has 0 aliphatic carbocycles. The molecule has 0 saturated carbocycles. The van der Waals surface area contributed by atoms with Gasteiger partial charge in [0.2, 0.25) is 0 Å². The molecular formula is C10H15N2O14P3. The second kappa shape index (κ2) is 7.61. The molecule has 0 amide bonds. The normalized spacial score (nSPS) is 42.8. The third kappa shape index (κ3) is 4.69. The number of hydrogen-bond acceptors (Lipinski definition) is 12. The van der Waals surface area contributed by atoms with Gasteiger partial charge in [-0.15, -0.1) is 0 Å². The maximum Gasteiger partial charge on any atom is 0.492 e. The number of aromatic nitrogens is 2. The molecule has 2 fully saturated rings. The standard InChI is InChI=1S/C10H15N2O14P3/c1-12-9(15)4(2-11-10(12)16)8-7(14)6(13)5(23-8)3-22-29(21)25-27(17,18)24-28(19,20)26-29/h2,5-8,13-14H,3H2,1H3,(H,11,16)(H,17,18)(H,19,20)/t5-,6?,7+,8+/m1/s1. The molecule has 1 aromatic heterocycles. The molecule has 0 bridgehead atoms. The summed E-state index contributed by atoms with van der Waals surface area (Å²) in [5.41, 5.74) is -1.77. The molecule has 1 aromatic rings. The number of hydrogen-bond donors (Lipinski definition) is 5. The van der Waals surface area contributed by atoms with E-state index in [1.807, 2.05) is 0 Å². The molecule has 19 heteroatoms. The van der Waals surface area contributed by atoms with Crippen molar-refractivity contribution in [1.29, 1.82) is 0 Å². The third-order valence-electron chi connectivity index (χ3n) is 3.89. The number of phosphoric acid groups is 3. The molecule has 164 valence electrons. The van der Waals surface area contributed by atoms with Crippen LogP contribution in [0.4, 0.5) is 0 Å². The van der Waals surface area contributed by atoms with E-state index in [0.717, 1.165) is 13.2 Å². The minimum absolute atomic E-state index is 0.217. The summed E-state index contributed by atoms with van der Waals surface area (Å²) in [7, 11) is -14.5. The molecule has 0 aromatic carbocycles. The molecule has 0 radical (unpaired) electrons. The Balaban J connectivity index is 1.76. The lowest BCUT2D eigenvalue weighted by Gasteiger charge is -2.27. The fraction of sp³-hybridized carbons (Fsp3) is 0.600. The smallest absolute Gasteiger partial charge is 0.387 e. The monoisotopic (exact) mass is 480 g/mol. The summed E-state index contributed by atoms with van der Waals surface area (Å²) in [6.07, 6.45) is -5.34. The topological polar surface area (TPSA) is 233 Å². The van der Waals surface area contributed by atoms with Crippen molar-refractivity contribution in [2.45, 2.75) is 24.4 Å². The Morgan fingerprint density at radius 3 is 2.28 bits per heavy atom. The average Bonchev–Trinajstić information content (AvgIpc) is 2.83. The molecule has 0 spiro atoms. The fourth-order valence-corrected chi connectivity index (χ4v) is 7.51. The van der Waals surface area contributed by atoms with E-state index >= 15 is 0 Å². The van der Waals surface area contributed by atoms with E-state index in [1.54, 1.807) is 0 Å². The maximum atomic E-state index is 12.2. The molecule has 16 nitrogen and oxygen atoms in total. The van der Waals surface area contributed by atoms with E-state index in [9.17, 15) is 33.5 Å². The number of aromatic amines is 1. The van der Waals surface area contributed by atoms with Crippen LogP contribution in [0, 0.1) is 0 Å².